The molecule has 3 rings (SSSR count). The SMILES string of the molecule is CN1C[C@@H](CC(=O)NC2(c3ccc(Br)cc3)CC(F)C2)[C@H](O)C1. The van der Waals surface area contributed by atoms with Gasteiger partial charge in [-0.25, -0.2) is 4.39 Å². The predicted molar refractivity (Wildman–Crippen MR) is 89.7 cm³/mol. The molecule has 2 N–H and O–H groups in total. The number of β-amino-alcohol motifs (C(OH)–C–C–N with tert-alkyl or cyclic N) is 1. The molecule has 23 heavy (non-hydrogen) atoms. The number of hydrogen-bond donors (Lipinski definition) is 2. The van der Waals surface area contributed by atoms with Crippen molar-refractivity contribution in [2.75, 3.05) is 20.1 Å². The zero-order valence-corrected chi connectivity index (χ0v) is 14.7. The lowest BCUT2D eigenvalue weighted by Gasteiger charge is -2.45. The number of likely N-dealkylation sites (tertiary alicyclic amines) is 1. The Hall–Kier alpha value is -0.980. The fourth-order valence-corrected chi connectivity index (χ4v) is 3.96. The first-order valence-corrected chi connectivity index (χ1v) is 8.75. The van der Waals surface area contributed by atoms with Crippen LogP contribution in [0.2, 0.25) is 0 Å². The van der Waals surface area contributed by atoms with Crippen molar-refractivity contribution in [2.24, 2.45) is 5.92 Å². The minimum Gasteiger partial charge on any atom is -0.391 e. The van der Waals surface area contributed by atoms with Crippen molar-refractivity contribution in [3.05, 3.63) is 34.3 Å². The normalized spacial score (nSPS) is 34.2. The molecule has 126 valence electrons. The van der Waals surface area contributed by atoms with E-state index in [1.54, 1.807) is 0 Å². The summed E-state index contributed by atoms with van der Waals surface area (Å²) in [6.07, 6.45) is -0.436. The number of hydrogen-bond acceptors (Lipinski definition) is 3. The third-order valence-electron chi connectivity index (χ3n) is 4.95. The van der Waals surface area contributed by atoms with Gasteiger partial charge in [0.2, 0.25) is 5.91 Å². The Morgan fingerprint density at radius 2 is 2.04 bits per heavy atom. The molecule has 0 bridgehead atoms. The highest BCUT2D eigenvalue weighted by Crippen LogP contribution is 2.43. The molecule has 0 radical (unpaired) electrons. The van der Waals surface area contributed by atoms with Gasteiger partial charge in [0.25, 0.3) is 0 Å². The van der Waals surface area contributed by atoms with Gasteiger partial charge in [-0.1, -0.05) is 28.1 Å². The molecule has 1 aliphatic heterocycles. The smallest absolute Gasteiger partial charge is 0.221 e. The van der Waals surface area contributed by atoms with Crippen molar-refractivity contribution in [3.63, 3.8) is 0 Å². The number of carbonyl (C=O) groups is 1. The lowest BCUT2D eigenvalue weighted by atomic mass is 9.70. The highest BCUT2D eigenvalue weighted by Gasteiger charge is 2.47. The van der Waals surface area contributed by atoms with Crippen molar-refractivity contribution in [1.29, 1.82) is 0 Å². The molecular weight excluding hydrogens is 363 g/mol. The number of aliphatic hydroxyl groups is 1. The first kappa shape index (κ1) is 16.9. The minimum absolute atomic E-state index is 0.0526. The molecule has 1 saturated heterocycles. The van der Waals surface area contributed by atoms with Crippen molar-refractivity contribution < 1.29 is 14.3 Å². The van der Waals surface area contributed by atoms with Gasteiger partial charge in [-0.05, 0) is 24.7 Å². The van der Waals surface area contributed by atoms with Crippen LogP contribution in [-0.2, 0) is 10.3 Å². The summed E-state index contributed by atoms with van der Waals surface area (Å²) in [6, 6.07) is 7.66. The summed E-state index contributed by atoms with van der Waals surface area (Å²) in [5.74, 6) is -0.164. The third kappa shape index (κ3) is 3.59. The zero-order valence-electron chi connectivity index (χ0n) is 13.1. The van der Waals surface area contributed by atoms with Crippen LogP contribution in [0.4, 0.5) is 4.39 Å². The van der Waals surface area contributed by atoms with Crippen LogP contribution < -0.4 is 5.32 Å². The third-order valence-corrected chi connectivity index (χ3v) is 5.48. The molecule has 1 aromatic carbocycles. The second-order valence-corrected chi connectivity index (χ2v) is 7.81. The molecule has 1 heterocycles. The maximum atomic E-state index is 13.5. The number of amides is 1. The highest BCUT2D eigenvalue weighted by atomic mass is 79.9. The average molecular weight is 385 g/mol. The summed E-state index contributed by atoms with van der Waals surface area (Å²) in [5.41, 5.74) is 0.333. The fourth-order valence-electron chi connectivity index (χ4n) is 3.70. The summed E-state index contributed by atoms with van der Waals surface area (Å²) in [4.78, 5) is 14.5. The van der Waals surface area contributed by atoms with E-state index in [1.807, 2.05) is 36.2 Å². The van der Waals surface area contributed by atoms with Gasteiger partial charge in [-0.2, -0.15) is 0 Å². The number of aliphatic hydroxyl groups excluding tert-OH is 1. The summed E-state index contributed by atoms with van der Waals surface area (Å²) < 4.78 is 14.5. The van der Waals surface area contributed by atoms with E-state index in [1.165, 1.54) is 0 Å². The van der Waals surface area contributed by atoms with Crippen molar-refractivity contribution in [1.82, 2.24) is 10.2 Å². The number of likely N-dealkylation sites (N-methyl/N-ethyl adjacent to an activating group) is 1. The Morgan fingerprint density at radius 1 is 1.39 bits per heavy atom. The molecule has 1 aromatic rings. The van der Waals surface area contributed by atoms with Crippen LogP contribution in [0.15, 0.2) is 28.7 Å². The Kier molecular flexibility index (Phi) is 4.76. The molecule has 6 heteroatoms. The minimum atomic E-state index is -0.873. The van der Waals surface area contributed by atoms with E-state index >= 15 is 0 Å². The second-order valence-electron chi connectivity index (χ2n) is 6.90. The maximum absolute atomic E-state index is 13.5. The van der Waals surface area contributed by atoms with Crippen LogP contribution in [0.1, 0.15) is 24.8 Å². The first-order chi connectivity index (χ1) is 10.9. The molecule has 1 aliphatic carbocycles. The highest BCUT2D eigenvalue weighted by molar-refractivity contribution is 9.10. The van der Waals surface area contributed by atoms with Gasteiger partial charge < -0.3 is 15.3 Å². The summed E-state index contributed by atoms with van der Waals surface area (Å²) in [5, 5.41) is 13.0. The maximum Gasteiger partial charge on any atom is 0.221 e. The standard InChI is InChI=1S/C17H22BrFN2O2/c1-21-9-11(15(22)10-21)6-16(23)20-17(7-14(19)8-17)12-2-4-13(18)5-3-12/h2-5,11,14-15,22H,6-10H2,1H3,(H,20,23)/t11-,14?,15-,17?/m1/s1. The van der Waals surface area contributed by atoms with Crippen LogP contribution in [0.25, 0.3) is 0 Å². The lowest BCUT2D eigenvalue weighted by Crippen LogP contribution is -2.56. The lowest BCUT2D eigenvalue weighted by molar-refractivity contribution is -0.127. The van der Waals surface area contributed by atoms with Gasteiger partial charge in [-0.15, -0.1) is 0 Å². The number of nitrogens with zero attached hydrogens (tertiary/aromatic N) is 1. The van der Waals surface area contributed by atoms with Crippen LogP contribution in [-0.4, -0.2) is 48.3 Å². The molecule has 2 fully saturated rings. The quantitative estimate of drug-likeness (QED) is 0.836. The largest absolute Gasteiger partial charge is 0.391 e. The number of benzene rings is 1. The fraction of sp³-hybridized carbons (Fsp3) is 0.588. The molecule has 1 amide bonds. The van der Waals surface area contributed by atoms with E-state index < -0.39 is 17.8 Å². The van der Waals surface area contributed by atoms with Gasteiger partial charge in [-0.3, -0.25) is 4.79 Å². The summed E-state index contributed by atoms with van der Waals surface area (Å²) in [7, 11) is 1.93. The molecule has 2 aliphatic rings. The zero-order chi connectivity index (χ0) is 16.6. The number of carbonyl (C=O) groups excluding carboxylic acids is 1. The van der Waals surface area contributed by atoms with E-state index in [9.17, 15) is 14.3 Å². The van der Waals surface area contributed by atoms with Crippen molar-refractivity contribution in [3.8, 4) is 0 Å². The van der Waals surface area contributed by atoms with Crippen LogP contribution in [0.5, 0.6) is 0 Å². The van der Waals surface area contributed by atoms with Gasteiger partial charge in [0.05, 0.1) is 11.6 Å². The van der Waals surface area contributed by atoms with Crippen LogP contribution >= 0.6 is 15.9 Å². The number of rotatable bonds is 4. The Balaban J connectivity index is 1.68. The van der Waals surface area contributed by atoms with E-state index in [2.05, 4.69) is 21.2 Å². The number of halogens is 2. The molecule has 1 saturated carbocycles. The van der Waals surface area contributed by atoms with E-state index in [4.69, 9.17) is 0 Å². The van der Waals surface area contributed by atoms with Crippen molar-refractivity contribution in [2.45, 2.75) is 37.1 Å². The molecule has 2 atom stereocenters. The summed E-state index contributed by atoms with van der Waals surface area (Å²) >= 11 is 3.39. The van der Waals surface area contributed by atoms with E-state index in [0.29, 0.717) is 25.9 Å². The van der Waals surface area contributed by atoms with Crippen LogP contribution in [0.3, 0.4) is 0 Å². The van der Waals surface area contributed by atoms with E-state index in [0.717, 1.165) is 10.0 Å². The first-order valence-electron chi connectivity index (χ1n) is 7.96. The molecule has 4 nitrogen and oxygen atoms in total. The number of alkyl halides is 1. The number of nitrogens with one attached hydrogen (secondary N) is 1. The van der Waals surface area contributed by atoms with Gasteiger partial charge >= 0.3 is 0 Å². The Morgan fingerprint density at radius 3 is 2.57 bits per heavy atom. The Labute approximate surface area is 144 Å². The van der Waals surface area contributed by atoms with Gasteiger partial charge in [0, 0.05) is 42.7 Å². The van der Waals surface area contributed by atoms with Crippen molar-refractivity contribution >= 4 is 21.8 Å². The van der Waals surface area contributed by atoms with E-state index in [-0.39, 0.29) is 18.2 Å². The Bertz CT molecular complexity index is 574. The second kappa shape index (κ2) is 6.49. The summed E-state index contributed by atoms with van der Waals surface area (Å²) in [6.45, 7) is 1.31. The monoisotopic (exact) mass is 384 g/mol. The van der Waals surface area contributed by atoms with Gasteiger partial charge in [0.15, 0.2) is 0 Å². The van der Waals surface area contributed by atoms with Gasteiger partial charge in [0.1, 0.15) is 6.17 Å². The average Bonchev–Trinajstić information content (AvgIpc) is 2.75. The predicted octanol–water partition coefficient (Wildman–Crippen LogP) is 2.21. The molecule has 0 unspecified atom stereocenters. The molecular formula is C17H22BrFN2O2. The molecule has 0 spiro atoms. The topological polar surface area (TPSA) is 52.6 Å². The van der Waals surface area contributed by atoms with Crippen LogP contribution in [0, 0.1) is 5.92 Å². The molecule has 0 aromatic heterocycles.